The Balaban J connectivity index is 1.71. The average molecular weight is 451 g/mol. The number of Topliss-reactive ketones (excluding diaryl/α,β-unsaturated/α-hetero) is 1. The monoisotopic (exact) mass is 450 g/mol. The number of nitrogens with zero attached hydrogens (tertiary/aromatic N) is 2. The smallest absolute Gasteiger partial charge is 0.290 e. The third-order valence-electron chi connectivity index (χ3n) is 6.17. The number of carbonyl (C=O) groups excluding carboxylic acids is 2. The molecule has 172 valence electrons. The molecule has 7 heteroatoms. The van der Waals surface area contributed by atoms with Crippen LogP contribution >= 0.6 is 0 Å². The Morgan fingerprint density at radius 3 is 2.52 bits per heavy atom. The van der Waals surface area contributed by atoms with Gasteiger partial charge in [-0.15, -0.1) is 0 Å². The lowest BCUT2D eigenvalue weighted by molar-refractivity contribution is -0.129. The summed E-state index contributed by atoms with van der Waals surface area (Å²) in [4.78, 5) is 30.1. The summed E-state index contributed by atoms with van der Waals surface area (Å²) in [7, 11) is 0. The van der Waals surface area contributed by atoms with Crippen molar-refractivity contribution in [2.24, 2.45) is 0 Å². The Morgan fingerprint density at radius 2 is 1.82 bits per heavy atom. The first kappa shape index (κ1) is 22.7. The molecular formula is C26H27FN2O4. The predicted molar refractivity (Wildman–Crippen MR) is 123 cm³/mol. The van der Waals surface area contributed by atoms with Crippen LogP contribution in [0.1, 0.15) is 42.4 Å². The highest BCUT2D eigenvalue weighted by Gasteiger charge is 2.45. The van der Waals surface area contributed by atoms with E-state index in [1.165, 1.54) is 17.0 Å². The summed E-state index contributed by atoms with van der Waals surface area (Å²) in [6.07, 6.45) is 0.623. The number of para-hydroxylation sites is 1. The Kier molecular flexibility index (Phi) is 6.60. The Labute approximate surface area is 191 Å². The summed E-state index contributed by atoms with van der Waals surface area (Å²) in [6.45, 7) is 6.89. The van der Waals surface area contributed by atoms with E-state index in [-0.39, 0.29) is 23.4 Å². The van der Waals surface area contributed by atoms with E-state index in [1.807, 2.05) is 6.07 Å². The molecule has 2 aromatic carbocycles. The zero-order valence-corrected chi connectivity index (χ0v) is 18.8. The van der Waals surface area contributed by atoms with Crippen LogP contribution in [0, 0.1) is 5.82 Å². The largest absolute Gasteiger partial charge is 0.503 e. The first-order valence-corrected chi connectivity index (χ1v) is 11.2. The third kappa shape index (κ3) is 4.28. The van der Waals surface area contributed by atoms with Crippen LogP contribution in [-0.4, -0.2) is 52.8 Å². The van der Waals surface area contributed by atoms with Crippen LogP contribution in [0.2, 0.25) is 0 Å². The molecule has 2 heterocycles. The maximum absolute atomic E-state index is 14.8. The van der Waals surface area contributed by atoms with Crippen LogP contribution < -0.4 is 0 Å². The molecule has 1 atom stereocenters. The molecule has 1 aliphatic heterocycles. The summed E-state index contributed by atoms with van der Waals surface area (Å²) in [5.41, 5.74) is 0.521. The van der Waals surface area contributed by atoms with Gasteiger partial charge < -0.3 is 19.3 Å². The number of amides is 1. The molecule has 4 rings (SSSR count). The molecule has 6 nitrogen and oxygen atoms in total. The summed E-state index contributed by atoms with van der Waals surface area (Å²) in [6, 6.07) is 13.7. The number of hydrogen-bond acceptors (Lipinski definition) is 5. The minimum atomic E-state index is -1.03. The van der Waals surface area contributed by atoms with Gasteiger partial charge in [-0.1, -0.05) is 50.2 Å². The molecule has 0 bridgehead atoms. The number of aliphatic hydroxyl groups excluding tert-OH is 1. The fraction of sp³-hybridized carbons (Fsp3) is 0.308. The van der Waals surface area contributed by atoms with Crippen LogP contribution in [0.4, 0.5) is 4.39 Å². The van der Waals surface area contributed by atoms with Gasteiger partial charge in [-0.05, 0) is 44.3 Å². The second-order valence-electron chi connectivity index (χ2n) is 8.04. The van der Waals surface area contributed by atoms with Gasteiger partial charge in [0.2, 0.25) is 5.78 Å². The van der Waals surface area contributed by atoms with E-state index >= 15 is 0 Å². The van der Waals surface area contributed by atoms with Crippen molar-refractivity contribution in [2.45, 2.75) is 26.3 Å². The van der Waals surface area contributed by atoms with Gasteiger partial charge in [-0.2, -0.15) is 0 Å². The maximum Gasteiger partial charge on any atom is 0.290 e. The summed E-state index contributed by atoms with van der Waals surface area (Å²) < 4.78 is 20.5. The number of carbonyl (C=O) groups is 2. The Morgan fingerprint density at radius 1 is 1.12 bits per heavy atom. The minimum Gasteiger partial charge on any atom is -0.503 e. The van der Waals surface area contributed by atoms with Gasteiger partial charge in [0.15, 0.2) is 11.5 Å². The van der Waals surface area contributed by atoms with Crippen molar-refractivity contribution in [1.82, 2.24) is 9.80 Å². The Bertz CT molecular complexity index is 1180. The van der Waals surface area contributed by atoms with Gasteiger partial charge in [0.25, 0.3) is 5.91 Å². The molecule has 0 spiro atoms. The van der Waals surface area contributed by atoms with Crippen LogP contribution in [-0.2, 0) is 4.79 Å². The van der Waals surface area contributed by atoms with Crippen molar-refractivity contribution in [3.05, 3.63) is 83.1 Å². The fourth-order valence-corrected chi connectivity index (χ4v) is 4.37. The second-order valence-corrected chi connectivity index (χ2v) is 8.04. The number of furan rings is 1. The molecule has 0 aliphatic carbocycles. The highest BCUT2D eigenvalue weighted by Crippen LogP contribution is 2.40. The van der Waals surface area contributed by atoms with Gasteiger partial charge >= 0.3 is 0 Å². The van der Waals surface area contributed by atoms with Crippen molar-refractivity contribution in [3.8, 4) is 0 Å². The highest BCUT2D eigenvalue weighted by atomic mass is 19.1. The molecule has 1 unspecified atom stereocenters. The molecule has 0 radical (unpaired) electrons. The zero-order valence-electron chi connectivity index (χ0n) is 18.8. The minimum absolute atomic E-state index is 0.00289. The molecule has 33 heavy (non-hydrogen) atoms. The fourth-order valence-electron chi connectivity index (χ4n) is 4.37. The van der Waals surface area contributed by atoms with Gasteiger partial charge in [0.05, 0.1) is 11.6 Å². The van der Waals surface area contributed by atoms with E-state index in [2.05, 4.69) is 18.7 Å². The van der Waals surface area contributed by atoms with Crippen molar-refractivity contribution in [3.63, 3.8) is 0 Å². The van der Waals surface area contributed by atoms with E-state index in [4.69, 9.17) is 4.42 Å². The summed E-state index contributed by atoms with van der Waals surface area (Å²) in [5.74, 6) is -2.51. The molecule has 0 saturated carbocycles. The molecule has 0 fully saturated rings. The molecule has 1 aromatic heterocycles. The van der Waals surface area contributed by atoms with Crippen LogP contribution in [0.25, 0.3) is 11.0 Å². The number of hydrogen-bond donors (Lipinski definition) is 1. The Hall–Kier alpha value is -3.45. The lowest BCUT2D eigenvalue weighted by atomic mass is 9.94. The molecular weight excluding hydrogens is 423 g/mol. The van der Waals surface area contributed by atoms with Crippen molar-refractivity contribution >= 4 is 22.7 Å². The number of rotatable bonds is 9. The van der Waals surface area contributed by atoms with Crippen molar-refractivity contribution < 1.29 is 23.5 Å². The first-order valence-electron chi connectivity index (χ1n) is 11.2. The predicted octanol–water partition coefficient (Wildman–Crippen LogP) is 4.88. The highest BCUT2D eigenvalue weighted by molar-refractivity contribution is 6.16. The van der Waals surface area contributed by atoms with Crippen LogP contribution in [0.3, 0.4) is 0 Å². The number of benzene rings is 2. The SMILES string of the molecule is CCN(CC)CCCN1C(=O)C(O)=C(C(=O)c2cc3ccccc3o2)C1c1ccccc1F. The maximum atomic E-state index is 14.8. The molecule has 1 N–H and O–H groups in total. The summed E-state index contributed by atoms with van der Waals surface area (Å²) >= 11 is 0. The lowest BCUT2D eigenvalue weighted by Crippen LogP contribution is -2.35. The number of aliphatic hydroxyl groups is 1. The quantitative estimate of drug-likeness (QED) is 0.470. The van der Waals surface area contributed by atoms with Crippen molar-refractivity contribution in [1.29, 1.82) is 0 Å². The standard InChI is InChI=1S/C26H27FN2O4/c1-3-28(4-2)14-9-15-29-23(18-11-6-7-12-19(18)27)22(25(31)26(29)32)24(30)21-16-17-10-5-8-13-20(17)33-21/h5-8,10-13,16,23,31H,3-4,9,14-15H2,1-2H3. The number of fused-ring (bicyclic) bond motifs is 1. The lowest BCUT2D eigenvalue weighted by Gasteiger charge is -2.28. The van der Waals surface area contributed by atoms with Gasteiger partial charge in [-0.3, -0.25) is 9.59 Å². The topological polar surface area (TPSA) is 74.0 Å². The van der Waals surface area contributed by atoms with Crippen LogP contribution in [0.15, 0.2) is 70.3 Å². The van der Waals surface area contributed by atoms with Gasteiger partial charge in [-0.25, -0.2) is 4.39 Å². The normalized spacial score (nSPS) is 16.4. The summed E-state index contributed by atoms with van der Waals surface area (Å²) in [5, 5.41) is 11.5. The number of halogens is 1. The van der Waals surface area contributed by atoms with Crippen molar-refractivity contribution in [2.75, 3.05) is 26.2 Å². The van der Waals surface area contributed by atoms with E-state index in [0.717, 1.165) is 25.0 Å². The second kappa shape index (κ2) is 9.58. The average Bonchev–Trinajstić information content (AvgIpc) is 3.36. The first-order chi connectivity index (χ1) is 16.0. The molecule has 1 aliphatic rings. The number of ketones is 1. The van der Waals surface area contributed by atoms with E-state index < -0.39 is 29.3 Å². The zero-order chi connectivity index (χ0) is 23.5. The third-order valence-corrected chi connectivity index (χ3v) is 6.17. The van der Waals surface area contributed by atoms with Gasteiger partial charge in [0, 0.05) is 17.5 Å². The molecule has 1 amide bonds. The van der Waals surface area contributed by atoms with E-state index in [1.54, 1.807) is 36.4 Å². The molecule has 3 aromatic rings. The van der Waals surface area contributed by atoms with Gasteiger partial charge in [0.1, 0.15) is 11.4 Å². The van der Waals surface area contributed by atoms with E-state index in [0.29, 0.717) is 12.0 Å². The van der Waals surface area contributed by atoms with Crippen LogP contribution in [0.5, 0.6) is 0 Å². The van der Waals surface area contributed by atoms with E-state index in [9.17, 15) is 19.1 Å². The molecule has 0 saturated heterocycles.